The first-order valence-corrected chi connectivity index (χ1v) is 7.04. The molecule has 0 aliphatic heterocycles. The Hall–Kier alpha value is -1.20. The Kier molecular flexibility index (Phi) is 4.49. The van der Waals surface area contributed by atoms with E-state index in [-0.39, 0.29) is 5.91 Å². The summed E-state index contributed by atoms with van der Waals surface area (Å²) >= 11 is 5.03. The molecule has 5 heteroatoms. The van der Waals surface area contributed by atoms with Gasteiger partial charge >= 0.3 is 0 Å². The number of halogens is 2. The fraction of sp³-hybridized carbons (Fsp3) is 0.154. The van der Waals surface area contributed by atoms with Crippen LogP contribution < -0.4 is 5.32 Å². The van der Waals surface area contributed by atoms with E-state index in [2.05, 4.69) is 21.2 Å². The molecule has 1 N–H and O–H groups in total. The normalized spacial score (nSPS) is 10.3. The van der Waals surface area contributed by atoms with Crippen molar-refractivity contribution in [1.82, 2.24) is 5.32 Å². The topological polar surface area (TPSA) is 29.1 Å². The van der Waals surface area contributed by atoms with Gasteiger partial charge in [-0.2, -0.15) is 0 Å². The fourth-order valence-electron chi connectivity index (χ4n) is 1.52. The summed E-state index contributed by atoms with van der Waals surface area (Å²) < 4.78 is 14.0. The van der Waals surface area contributed by atoms with Crippen molar-refractivity contribution in [2.45, 2.75) is 6.42 Å². The zero-order valence-corrected chi connectivity index (χ0v) is 11.9. The van der Waals surface area contributed by atoms with Gasteiger partial charge in [-0.25, -0.2) is 4.39 Å². The second-order valence-electron chi connectivity index (χ2n) is 3.72. The highest BCUT2D eigenvalue weighted by atomic mass is 79.9. The Morgan fingerprint density at radius 2 is 2.17 bits per heavy atom. The highest BCUT2D eigenvalue weighted by Gasteiger charge is 2.06. The second-order valence-corrected chi connectivity index (χ2v) is 6.27. The molecule has 0 aliphatic rings. The fourth-order valence-corrected chi connectivity index (χ4v) is 3.00. The summed E-state index contributed by atoms with van der Waals surface area (Å²) in [5.41, 5.74) is 0.349. The quantitative estimate of drug-likeness (QED) is 0.912. The van der Waals surface area contributed by atoms with Crippen molar-refractivity contribution in [3.8, 4) is 0 Å². The summed E-state index contributed by atoms with van der Waals surface area (Å²) in [4.78, 5) is 12.9. The van der Waals surface area contributed by atoms with Crippen molar-refractivity contribution in [3.05, 3.63) is 56.4 Å². The lowest BCUT2D eigenvalue weighted by atomic mass is 10.2. The number of hydrogen-bond acceptors (Lipinski definition) is 2. The molecule has 0 radical (unpaired) electrons. The highest BCUT2D eigenvalue weighted by molar-refractivity contribution is 9.11. The summed E-state index contributed by atoms with van der Waals surface area (Å²) in [6, 6.07) is 9.68. The maximum atomic E-state index is 12.9. The van der Waals surface area contributed by atoms with Gasteiger partial charge < -0.3 is 5.32 Å². The maximum Gasteiger partial charge on any atom is 0.251 e. The SMILES string of the molecule is O=C(NCCc1ccc(Br)s1)c1cccc(F)c1. The zero-order chi connectivity index (χ0) is 13.0. The number of carbonyl (C=O) groups excluding carboxylic acids is 1. The van der Waals surface area contributed by atoms with Crippen LogP contribution in [0.15, 0.2) is 40.2 Å². The van der Waals surface area contributed by atoms with Crippen molar-refractivity contribution in [2.75, 3.05) is 6.54 Å². The lowest BCUT2D eigenvalue weighted by molar-refractivity contribution is 0.0953. The molecule has 0 aliphatic carbocycles. The van der Waals surface area contributed by atoms with Gasteiger partial charge in [0.1, 0.15) is 5.82 Å². The Morgan fingerprint density at radius 3 is 2.83 bits per heavy atom. The molecule has 18 heavy (non-hydrogen) atoms. The van der Waals surface area contributed by atoms with Gasteiger partial charge in [-0.1, -0.05) is 6.07 Å². The predicted molar refractivity (Wildman–Crippen MR) is 74.5 cm³/mol. The molecule has 0 unspecified atom stereocenters. The van der Waals surface area contributed by atoms with E-state index in [4.69, 9.17) is 0 Å². The molecule has 1 aromatic heterocycles. The average molecular weight is 328 g/mol. The minimum absolute atomic E-state index is 0.245. The lowest BCUT2D eigenvalue weighted by Crippen LogP contribution is -2.25. The molecule has 0 bridgehead atoms. The van der Waals surface area contributed by atoms with Crippen LogP contribution in [-0.4, -0.2) is 12.5 Å². The summed E-state index contributed by atoms with van der Waals surface area (Å²) in [5, 5.41) is 2.77. The van der Waals surface area contributed by atoms with E-state index in [0.29, 0.717) is 12.1 Å². The molecule has 2 aromatic rings. The van der Waals surface area contributed by atoms with Crippen molar-refractivity contribution < 1.29 is 9.18 Å². The molecule has 94 valence electrons. The molecule has 0 saturated carbocycles. The first-order valence-electron chi connectivity index (χ1n) is 5.43. The standard InChI is InChI=1S/C13H11BrFNOS/c14-12-5-4-11(18-12)6-7-16-13(17)9-2-1-3-10(15)8-9/h1-5,8H,6-7H2,(H,16,17). The van der Waals surface area contributed by atoms with E-state index in [1.807, 2.05) is 12.1 Å². The predicted octanol–water partition coefficient (Wildman–Crippen LogP) is 3.62. The van der Waals surface area contributed by atoms with E-state index in [1.165, 1.54) is 23.1 Å². The first kappa shape index (κ1) is 13.2. The van der Waals surface area contributed by atoms with Crippen LogP contribution >= 0.6 is 27.3 Å². The van der Waals surface area contributed by atoms with Crippen molar-refractivity contribution in [3.63, 3.8) is 0 Å². The molecule has 1 amide bonds. The second kappa shape index (κ2) is 6.11. The first-order chi connectivity index (χ1) is 8.65. The van der Waals surface area contributed by atoms with Gasteiger partial charge in [0.2, 0.25) is 0 Å². The van der Waals surface area contributed by atoms with Crippen LogP contribution in [0.5, 0.6) is 0 Å². The molecule has 0 fully saturated rings. The van der Waals surface area contributed by atoms with Crippen LogP contribution in [-0.2, 0) is 6.42 Å². The Labute approximate surface area is 117 Å². The van der Waals surface area contributed by atoms with Gasteiger partial charge in [0.25, 0.3) is 5.91 Å². The Morgan fingerprint density at radius 1 is 1.33 bits per heavy atom. The van der Waals surface area contributed by atoms with Crippen LogP contribution in [0.4, 0.5) is 4.39 Å². The van der Waals surface area contributed by atoms with Crippen molar-refractivity contribution >= 4 is 33.2 Å². The van der Waals surface area contributed by atoms with Crippen LogP contribution in [0.3, 0.4) is 0 Å². The molecule has 2 nitrogen and oxygen atoms in total. The zero-order valence-electron chi connectivity index (χ0n) is 9.45. The summed E-state index contributed by atoms with van der Waals surface area (Å²) in [6.07, 6.45) is 0.775. The summed E-state index contributed by atoms with van der Waals surface area (Å²) in [5.74, 6) is -0.644. The number of thiophene rings is 1. The molecule has 0 spiro atoms. The number of nitrogens with one attached hydrogen (secondary N) is 1. The minimum atomic E-state index is -0.398. The molecule has 0 atom stereocenters. The smallest absolute Gasteiger partial charge is 0.251 e. The largest absolute Gasteiger partial charge is 0.352 e. The highest BCUT2D eigenvalue weighted by Crippen LogP contribution is 2.22. The van der Waals surface area contributed by atoms with Crippen LogP contribution in [0.25, 0.3) is 0 Å². The van der Waals surface area contributed by atoms with Crippen LogP contribution in [0.1, 0.15) is 15.2 Å². The van der Waals surface area contributed by atoms with Gasteiger partial charge in [-0.3, -0.25) is 4.79 Å². The third kappa shape index (κ3) is 3.65. The molecule has 0 saturated heterocycles. The molecule has 1 heterocycles. The van der Waals surface area contributed by atoms with E-state index in [9.17, 15) is 9.18 Å². The third-order valence-electron chi connectivity index (χ3n) is 2.37. The number of hydrogen-bond donors (Lipinski definition) is 1. The van der Waals surface area contributed by atoms with Gasteiger partial charge in [0, 0.05) is 17.0 Å². The lowest BCUT2D eigenvalue weighted by Gasteiger charge is -2.04. The number of benzene rings is 1. The molecular formula is C13H11BrFNOS. The van der Waals surface area contributed by atoms with Gasteiger partial charge in [0.15, 0.2) is 0 Å². The molecule has 2 rings (SSSR count). The average Bonchev–Trinajstić information content (AvgIpc) is 2.75. The van der Waals surface area contributed by atoms with Gasteiger partial charge in [0.05, 0.1) is 3.79 Å². The maximum absolute atomic E-state index is 12.9. The number of carbonyl (C=O) groups is 1. The van der Waals surface area contributed by atoms with Crippen LogP contribution in [0.2, 0.25) is 0 Å². The van der Waals surface area contributed by atoms with Gasteiger partial charge in [-0.05, 0) is 52.7 Å². The summed E-state index contributed by atoms with van der Waals surface area (Å²) in [7, 11) is 0. The minimum Gasteiger partial charge on any atom is -0.352 e. The monoisotopic (exact) mass is 327 g/mol. The van der Waals surface area contributed by atoms with E-state index >= 15 is 0 Å². The third-order valence-corrected chi connectivity index (χ3v) is 4.06. The van der Waals surface area contributed by atoms with Crippen molar-refractivity contribution in [1.29, 1.82) is 0 Å². The van der Waals surface area contributed by atoms with Gasteiger partial charge in [-0.15, -0.1) is 11.3 Å². The number of rotatable bonds is 4. The Bertz CT molecular complexity index is 555. The van der Waals surface area contributed by atoms with E-state index in [1.54, 1.807) is 17.4 Å². The summed E-state index contributed by atoms with van der Waals surface area (Å²) in [6.45, 7) is 0.544. The molecule has 1 aromatic carbocycles. The van der Waals surface area contributed by atoms with Crippen LogP contribution in [0, 0.1) is 5.82 Å². The number of amides is 1. The van der Waals surface area contributed by atoms with Crippen molar-refractivity contribution in [2.24, 2.45) is 0 Å². The molecular weight excluding hydrogens is 317 g/mol. The van der Waals surface area contributed by atoms with E-state index < -0.39 is 5.82 Å². The Balaban J connectivity index is 1.85. The van der Waals surface area contributed by atoms with E-state index in [0.717, 1.165) is 10.2 Å².